The average Bonchev–Trinajstić information content (AvgIpc) is 2.66. The van der Waals surface area contributed by atoms with Crippen LogP contribution in [0, 0.1) is 15.9 Å². The van der Waals surface area contributed by atoms with Crippen molar-refractivity contribution < 1.29 is 23.6 Å². The first kappa shape index (κ1) is 19.8. The normalized spacial score (nSPS) is 10.6. The Morgan fingerprint density at radius 1 is 1.15 bits per heavy atom. The van der Waals surface area contributed by atoms with Gasteiger partial charge in [0, 0.05) is 18.7 Å². The molecule has 0 radical (unpaired) electrons. The van der Waals surface area contributed by atoms with Gasteiger partial charge in [0.15, 0.2) is 6.61 Å². The Morgan fingerprint density at radius 3 is 2.59 bits per heavy atom. The molecule has 0 heterocycles. The molecule has 0 atom stereocenters. The van der Waals surface area contributed by atoms with Crippen LogP contribution < -0.4 is 5.32 Å². The molecule has 1 N–H and O–H groups in total. The summed E-state index contributed by atoms with van der Waals surface area (Å²) in [5, 5.41) is 13.4. The number of halogens is 1. The molecule has 8 heteroatoms. The van der Waals surface area contributed by atoms with Crippen LogP contribution in [-0.2, 0) is 20.7 Å². The number of nitrogens with one attached hydrogen (secondary N) is 1. The molecule has 2 rings (SSSR count). The number of nitro benzene ring substituents is 1. The van der Waals surface area contributed by atoms with Crippen LogP contribution in [-0.4, -0.2) is 30.0 Å². The van der Waals surface area contributed by atoms with Crippen molar-refractivity contribution in [2.75, 3.05) is 13.2 Å². The molecule has 2 aromatic rings. The molecule has 1 amide bonds. The van der Waals surface area contributed by atoms with Gasteiger partial charge in [0.05, 0.1) is 10.5 Å². The van der Waals surface area contributed by atoms with Crippen molar-refractivity contribution in [3.63, 3.8) is 0 Å². The highest BCUT2D eigenvalue weighted by molar-refractivity contribution is 5.89. The number of esters is 1. The summed E-state index contributed by atoms with van der Waals surface area (Å²) >= 11 is 0. The van der Waals surface area contributed by atoms with Gasteiger partial charge < -0.3 is 10.1 Å². The van der Waals surface area contributed by atoms with Crippen LogP contribution in [0.25, 0.3) is 6.08 Å². The molecule has 0 aromatic heterocycles. The summed E-state index contributed by atoms with van der Waals surface area (Å²) in [7, 11) is 0. The largest absolute Gasteiger partial charge is 0.452 e. The predicted octanol–water partition coefficient (Wildman–Crippen LogP) is 2.65. The van der Waals surface area contributed by atoms with Crippen LogP contribution in [0.4, 0.5) is 10.1 Å². The number of nitrogens with zero attached hydrogens (tertiary/aromatic N) is 1. The fourth-order valence-electron chi connectivity index (χ4n) is 2.23. The average molecular weight is 372 g/mol. The van der Waals surface area contributed by atoms with Gasteiger partial charge in [-0.2, -0.15) is 0 Å². The van der Waals surface area contributed by atoms with E-state index in [4.69, 9.17) is 4.74 Å². The number of ether oxygens (including phenoxy) is 1. The Balaban J connectivity index is 1.76. The number of hydrogen-bond acceptors (Lipinski definition) is 5. The van der Waals surface area contributed by atoms with Gasteiger partial charge in [0.25, 0.3) is 11.6 Å². The van der Waals surface area contributed by atoms with E-state index < -0.39 is 23.4 Å². The van der Waals surface area contributed by atoms with Crippen LogP contribution in [0.1, 0.15) is 11.1 Å². The Hall–Kier alpha value is -3.55. The highest BCUT2D eigenvalue weighted by Gasteiger charge is 2.10. The summed E-state index contributed by atoms with van der Waals surface area (Å²) in [6.07, 6.45) is 2.56. The fraction of sp³-hybridized carbons (Fsp3) is 0.158. The maximum absolute atomic E-state index is 13.4. The molecule has 0 aliphatic rings. The maximum Gasteiger partial charge on any atom is 0.331 e. The van der Waals surface area contributed by atoms with Crippen LogP contribution in [0.15, 0.2) is 54.6 Å². The minimum Gasteiger partial charge on any atom is -0.452 e. The number of carbonyl (C=O) groups excluding carboxylic acids is 2. The van der Waals surface area contributed by atoms with Crippen molar-refractivity contribution in [2.24, 2.45) is 0 Å². The number of hydrogen-bond donors (Lipinski definition) is 1. The molecule has 0 saturated heterocycles. The van der Waals surface area contributed by atoms with Gasteiger partial charge in [-0.3, -0.25) is 14.9 Å². The van der Waals surface area contributed by atoms with Gasteiger partial charge in [0.2, 0.25) is 0 Å². The minimum atomic E-state index is -0.808. The second-order valence-electron chi connectivity index (χ2n) is 5.45. The molecular weight excluding hydrogens is 355 g/mol. The standard InChI is InChI=1S/C19H17FN2O5/c20-16-7-3-1-5-14(16)11-12-21-18(23)13-27-19(24)10-9-15-6-2-4-8-17(15)22(25)26/h1-10H,11-13H2,(H,21,23)/b10-9+. The second kappa shape index (κ2) is 9.81. The molecule has 140 valence electrons. The molecule has 0 fully saturated rings. The summed E-state index contributed by atoms with van der Waals surface area (Å²) < 4.78 is 18.2. The quantitative estimate of drug-likeness (QED) is 0.332. The van der Waals surface area contributed by atoms with E-state index in [0.29, 0.717) is 12.0 Å². The van der Waals surface area contributed by atoms with Gasteiger partial charge >= 0.3 is 5.97 Å². The molecule has 2 aromatic carbocycles. The van der Waals surface area contributed by atoms with E-state index in [9.17, 15) is 24.1 Å². The first-order chi connectivity index (χ1) is 13.0. The first-order valence-corrected chi connectivity index (χ1v) is 8.05. The van der Waals surface area contributed by atoms with E-state index in [-0.39, 0.29) is 23.6 Å². The summed E-state index contributed by atoms with van der Waals surface area (Å²) in [6.45, 7) is -0.305. The van der Waals surface area contributed by atoms with Gasteiger partial charge in [-0.15, -0.1) is 0 Å². The zero-order valence-electron chi connectivity index (χ0n) is 14.3. The minimum absolute atomic E-state index is 0.146. The summed E-state index contributed by atoms with van der Waals surface area (Å²) in [5.74, 6) is -1.69. The number of nitro groups is 1. The van der Waals surface area contributed by atoms with Crippen molar-refractivity contribution >= 4 is 23.6 Å². The van der Waals surface area contributed by atoms with Gasteiger partial charge in [-0.1, -0.05) is 30.3 Å². The summed E-state index contributed by atoms with van der Waals surface area (Å²) in [4.78, 5) is 33.6. The van der Waals surface area contributed by atoms with E-state index in [2.05, 4.69) is 5.32 Å². The third-order valence-electron chi connectivity index (χ3n) is 3.55. The predicted molar refractivity (Wildman–Crippen MR) is 96.2 cm³/mol. The lowest BCUT2D eigenvalue weighted by atomic mass is 10.1. The second-order valence-corrected chi connectivity index (χ2v) is 5.45. The Kier molecular flexibility index (Phi) is 7.18. The maximum atomic E-state index is 13.4. The lowest BCUT2D eigenvalue weighted by Crippen LogP contribution is -2.30. The van der Waals surface area contributed by atoms with E-state index in [1.54, 1.807) is 24.3 Å². The number of amides is 1. The molecule has 0 unspecified atom stereocenters. The molecule has 0 aliphatic carbocycles. The molecule has 0 bridgehead atoms. The fourth-order valence-corrected chi connectivity index (χ4v) is 2.23. The zero-order valence-corrected chi connectivity index (χ0v) is 14.3. The number of para-hydroxylation sites is 1. The molecule has 7 nitrogen and oxygen atoms in total. The van der Waals surface area contributed by atoms with Crippen molar-refractivity contribution in [1.29, 1.82) is 0 Å². The van der Waals surface area contributed by atoms with E-state index in [1.807, 2.05) is 0 Å². The molecule has 0 aliphatic heterocycles. The van der Waals surface area contributed by atoms with Crippen molar-refractivity contribution in [2.45, 2.75) is 6.42 Å². The van der Waals surface area contributed by atoms with Crippen molar-refractivity contribution in [3.8, 4) is 0 Å². The van der Waals surface area contributed by atoms with E-state index in [1.165, 1.54) is 30.3 Å². The Bertz CT molecular complexity index is 867. The summed E-state index contributed by atoms with van der Waals surface area (Å²) in [6, 6.07) is 12.1. The first-order valence-electron chi connectivity index (χ1n) is 8.05. The topological polar surface area (TPSA) is 98.5 Å². The van der Waals surface area contributed by atoms with Crippen LogP contribution in [0.3, 0.4) is 0 Å². The third kappa shape index (κ3) is 6.35. The number of carbonyl (C=O) groups is 2. The van der Waals surface area contributed by atoms with Crippen molar-refractivity contribution in [3.05, 3.63) is 81.7 Å². The molecule has 0 spiro atoms. The number of benzene rings is 2. The smallest absolute Gasteiger partial charge is 0.331 e. The van der Waals surface area contributed by atoms with E-state index in [0.717, 1.165) is 6.08 Å². The monoisotopic (exact) mass is 372 g/mol. The zero-order chi connectivity index (χ0) is 19.6. The van der Waals surface area contributed by atoms with Crippen LogP contribution >= 0.6 is 0 Å². The van der Waals surface area contributed by atoms with Crippen LogP contribution in [0.5, 0.6) is 0 Å². The van der Waals surface area contributed by atoms with Gasteiger partial charge in [0.1, 0.15) is 5.82 Å². The highest BCUT2D eigenvalue weighted by Crippen LogP contribution is 2.18. The number of rotatable bonds is 8. The Labute approximate surface area is 154 Å². The molecular formula is C19H17FN2O5. The molecule has 27 heavy (non-hydrogen) atoms. The summed E-state index contributed by atoms with van der Waals surface area (Å²) in [5.41, 5.74) is 0.573. The van der Waals surface area contributed by atoms with Crippen molar-refractivity contribution in [1.82, 2.24) is 5.32 Å². The van der Waals surface area contributed by atoms with Gasteiger partial charge in [-0.25, -0.2) is 9.18 Å². The van der Waals surface area contributed by atoms with E-state index >= 15 is 0 Å². The molecule has 0 saturated carbocycles. The van der Waals surface area contributed by atoms with Gasteiger partial charge in [-0.05, 0) is 30.2 Å². The van der Waals surface area contributed by atoms with Crippen LogP contribution in [0.2, 0.25) is 0 Å². The third-order valence-corrected chi connectivity index (χ3v) is 3.55. The highest BCUT2D eigenvalue weighted by atomic mass is 19.1. The SMILES string of the molecule is O=C(COC(=O)/C=C/c1ccccc1[N+](=O)[O-])NCCc1ccccc1F. The lowest BCUT2D eigenvalue weighted by molar-refractivity contribution is -0.385. The lowest BCUT2D eigenvalue weighted by Gasteiger charge is -2.06. The Morgan fingerprint density at radius 2 is 1.85 bits per heavy atom.